The number of ether oxygens (including phenoxy) is 3. The van der Waals surface area contributed by atoms with E-state index in [9.17, 15) is 9.59 Å². The van der Waals surface area contributed by atoms with Crippen LogP contribution in [0.1, 0.15) is 19.4 Å². The molecule has 0 saturated heterocycles. The zero-order chi connectivity index (χ0) is 20.0. The Morgan fingerprint density at radius 3 is 2.48 bits per heavy atom. The summed E-state index contributed by atoms with van der Waals surface area (Å²) in [6.07, 6.45) is -1.88. The van der Waals surface area contributed by atoms with Gasteiger partial charge in [0.15, 0.2) is 12.2 Å². The van der Waals surface area contributed by atoms with E-state index in [1.165, 1.54) is 14.0 Å². The Labute approximate surface area is 163 Å². The molecule has 6 nitrogen and oxygen atoms in total. The second-order valence-corrected chi connectivity index (χ2v) is 6.43. The van der Waals surface area contributed by atoms with Crippen LogP contribution in [0.25, 0.3) is 0 Å². The molecule has 2 rings (SSSR count). The number of rotatable bonds is 7. The Bertz CT molecular complexity index is 824. The lowest BCUT2D eigenvalue weighted by molar-refractivity contribution is -0.159. The average molecular weight is 392 g/mol. The first-order chi connectivity index (χ1) is 12.8. The van der Waals surface area contributed by atoms with Crippen LogP contribution in [0.5, 0.6) is 11.5 Å². The second kappa shape index (κ2) is 9.28. The van der Waals surface area contributed by atoms with Gasteiger partial charge in [0.25, 0.3) is 5.91 Å². The largest absolute Gasteiger partial charge is 0.495 e. The fourth-order valence-electron chi connectivity index (χ4n) is 2.28. The first kappa shape index (κ1) is 20.6. The summed E-state index contributed by atoms with van der Waals surface area (Å²) in [5, 5.41) is 3.08. The summed E-state index contributed by atoms with van der Waals surface area (Å²) in [7, 11) is 1.48. The lowest BCUT2D eigenvalue weighted by Gasteiger charge is -2.18. The van der Waals surface area contributed by atoms with Crippen LogP contribution < -0.4 is 14.8 Å². The predicted molar refractivity (Wildman–Crippen MR) is 103 cm³/mol. The minimum atomic E-state index is -1.02. The van der Waals surface area contributed by atoms with Gasteiger partial charge in [0.05, 0.1) is 12.8 Å². The quantitative estimate of drug-likeness (QED) is 0.722. The van der Waals surface area contributed by atoms with E-state index < -0.39 is 24.1 Å². The van der Waals surface area contributed by atoms with Gasteiger partial charge < -0.3 is 19.5 Å². The van der Waals surface area contributed by atoms with Crippen molar-refractivity contribution in [1.82, 2.24) is 0 Å². The van der Waals surface area contributed by atoms with Crippen molar-refractivity contribution < 1.29 is 23.8 Å². The lowest BCUT2D eigenvalue weighted by Crippen LogP contribution is -2.35. The van der Waals surface area contributed by atoms with Gasteiger partial charge in [-0.25, -0.2) is 4.79 Å². The number of aryl methyl sites for hydroxylation is 1. The van der Waals surface area contributed by atoms with E-state index in [4.69, 9.17) is 25.8 Å². The molecular formula is C20H22ClNO5. The highest BCUT2D eigenvalue weighted by Gasteiger charge is 2.24. The second-order valence-electron chi connectivity index (χ2n) is 5.99. The van der Waals surface area contributed by atoms with Crippen LogP contribution in [-0.4, -0.2) is 31.2 Å². The number of methoxy groups -OCH3 is 1. The summed E-state index contributed by atoms with van der Waals surface area (Å²) in [6, 6.07) is 12.1. The number of halogens is 1. The van der Waals surface area contributed by atoms with Crippen LogP contribution >= 0.6 is 11.6 Å². The third-order valence-corrected chi connectivity index (χ3v) is 3.95. The summed E-state index contributed by atoms with van der Waals surface area (Å²) in [5.74, 6) is -0.147. The third-order valence-electron chi connectivity index (χ3n) is 3.72. The summed E-state index contributed by atoms with van der Waals surface area (Å²) in [5.41, 5.74) is 1.40. The van der Waals surface area contributed by atoms with Gasteiger partial charge in [-0.3, -0.25) is 4.79 Å². The van der Waals surface area contributed by atoms with E-state index in [-0.39, 0.29) is 0 Å². The number of anilines is 1. The van der Waals surface area contributed by atoms with Gasteiger partial charge >= 0.3 is 5.97 Å². The number of benzene rings is 2. The Hall–Kier alpha value is -2.73. The van der Waals surface area contributed by atoms with Crippen molar-refractivity contribution in [3.8, 4) is 11.5 Å². The van der Waals surface area contributed by atoms with Crippen LogP contribution in [0.4, 0.5) is 5.69 Å². The smallest absolute Gasteiger partial charge is 0.347 e. The fraction of sp³-hybridized carbons (Fsp3) is 0.300. The number of carbonyl (C=O) groups is 2. The molecule has 0 bridgehead atoms. The summed E-state index contributed by atoms with van der Waals surface area (Å²) < 4.78 is 15.9. The van der Waals surface area contributed by atoms with Crippen molar-refractivity contribution in [2.45, 2.75) is 33.0 Å². The predicted octanol–water partition coefficient (Wildman–Crippen LogP) is 3.99. The Kier molecular flexibility index (Phi) is 7.07. The molecule has 0 spiro atoms. The van der Waals surface area contributed by atoms with E-state index >= 15 is 0 Å². The molecule has 0 unspecified atom stereocenters. The molecule has 144 valence electrons. The molecule has 1 N–H and O–H groups in total. The Morgan fingerprint density at radius 1 is 1.07 bits per heavy atom. The Balaban J connectivity index is 1.95. The molecule has 1 amide bonds. The number of amides is 1. The van der Waals surface area contributed by atoms with Gasteiger partial charge in [0.2, 0.25) is 0 Å². The number of nitrogens with one attached hydrogen (secondary N) is 1. The van der Waals surface area contributed by atoms with Crippen LogP contribution in [0.3, 0.4) is 0 Å². The molecular weight excluding hydrogens is 370 g/mol. The van der Waals surface area contributed by atoms with Crippen molar-refractivity contribution >= 4 is 29.2 Å². The number of esters is 1. The molecule has 0 saturated carbocycles. The number of hydrogen-bond donors (Lipinski definition) is 1. The highest BCUT2D eigenvalue weighted by Crippen LogP contribution is 2.27. The summed E-state index contributed by atoms with van der Waals surface area (Å²) in [6.45, 7) is 4.96. The number of carbonyl (C=O) groups excluding carboxylic acids is 2. The monoisotopic (exact) mass is 391 g/mol. The fourth-order valence-corrected chi connectivity index (χ4v) is 2.45. The van der Waals surface area contributed by atoms with E-state index in [2.05, 4.69) is 5.32 Å². The minimum Gasteiger partial charge on any atom is -0.495 e. The van der Waals surface area contributed by atoms with Gasteiger partial charge in [-0.1, -0.05) is 23.7 Å². The van der Waals surface area contributed by atoms with Crippen LogP contribution in [0, 0.1) is 6.92 Å². The van der Waals surface area contributed by atoms with Crippen LogP contribution in [-0.2, 0) is 14.3 Å². The highest BCUT2D eigenvalue weighted by atomic mass is 35.5. The molecule has 2 atom stereocenters. The molecule has 0 aromatic heterocycles. The molecule has 0 radical (unpaired) electrons. The maximum absolute atomic E-state index is 12.3. The summed E-state index contributed by atoms with van der Waals surface area (Å²) in [4.78, 5) is 24.5. The van der Waals surface area contributed by atoms with Gasteiger partial charge in [-0.05, 0) is 56.7 Å². The van der Waals surface area contributed by atoms with Gasteiger partial charge in [0.1, 0.15) is 11.5 Å². The molecule has 0 fully saturated rings. The van der Waals surface area contributed by atoms with Crippen molar-refractivity contribution in [3.63, 3.8) is 0 Å². The molecule has 2 aromatic carbocycles. The lowest BCUT2D eigenvalue weighted by atomic mass is 10.2. The van der Waals surface area contributed by atoms with Gasteiger partial charge in [0, 0.05) is 5.02 Å². The zero-order valence-corrected chi connectivity index (χ0v) is 16.4. The SMILES string of the molecule is COc1ccc(Cl)cc1NC(=O)[C@@H](C)OC(=O)[C@@H](C)Oc1cccc(C)c1. The molecule has 7 heteroatoms. The van der Waals surface area contributed by atoms with E-state index in [1.807, 2.05) is 25.1 Å². The normalized spacial score (nSPS) is 12.6. The van der Waals surface area contributed by atoms with Gasteiger partial charge in [-0.2, -0.15) is 0 Å². The van der Waals surface area contributed by atoms with Crippen LogP contribution in [0.2, 0.25) is 5.02 Å². The standard InChI is InChI=1S/C20H22ClNO5/c1-12-6-5-7-16(10-12)26-14(3)20(24)27-13(2)19(23)22-17-11-15(21)8-9-18(17)25-4/h5-11,13-14H,1-4H3,(H,22,23)/t13-,14-/m1/s1. The third kappa shape index (κ3) is 5.89. The van der Waals surface area contributed by atoms with Crippen molar-refractivity contribution in [1.29, 1.82) is 0 Å². The maximum atomic E-state index is 12.3. The van der Waals surface area contributed by atoms with Crippen molar-refractivity contribution in [2.24, 2.45) is 0 Å². The van der Waals surface area contributed by atoms with Crippen molar-refractivity contribution in [3.05, 3.63) is 53.1 Å². The first-order valence-electron chi connectivity index (χ1n) is 8.38. The molecule has 0 heterocycles. The number of hydrogen-bond acceptors (Lipinski definition) is 5. The van der Waals surface area contributed by atoms with Gasteiger partial charge in [-0.15, -0.1) is 0 Å². The Morgan fingerprint density at radius 2 is 1.81 bits per heavy atom. The maximum Gasteiger partial charge on any atom is 0.347 e. The topological polar surface area (TPSA) is 73.9 Å². The highest BCUT2D eigenvalue weighted by molar-refractivity contribution is 6.31. The van der Waals surface area contributed by atoms with E-state index in [0.29, 0.717) is 22.2 Å². The molecule has 0 aliphatic heterocycles. The van der Waals surface area contributed by atoms with E-state index in [0.717, 1.165) is 5.56 Å². The zero-order valence-electron chi connectivity index (χ0n) is 15.6. The molecule has 2 aromatic rings. The van der Waals surface area contributed by atoms with Crippen LogP contribution in [0.15, 0.2) is 42.5 Å². The molecule has 0 aliphatic carbocycles. The van der Waals surface area contributed by atoms with E-state index in [1.54, 1.807) is 31.2 Å². The summed E-state index contributed by atoms with van der Waals surface area (Å²) >= 11 is 5.94. The molecule has 0 aliphatic rings. The first-order valence-corrected chi connectivity index (χ1v) is 8.76. The molecule has 27 heavy (non-hydrogen) atoms. The van der Waals surface area contributed by atoms with Crippen molar-refractivity contribution in [2.75, 3.05) is 12.4 Å². The average Bonchev–Trinajstić information content (AvgIpc) is 2.61. The minimum absolute atomic E-state index is 0.391.